The minimum Gasteiger partial charge on any atom is -0.383 e. The fourth-order valence-electron chi connectivity index (χ4n) is 2.34. The second kappa shape index (κ2) is 5.04. The summed E-state index contributed by atoms with van der Waals surface area (Å²) in [4.78, 5) is 25.8. The van der Waals surface area contributed by atoms with Gasteiger partial charge in [0.25, 0.3) is 0 Å². The van der Waals surface area contributed by atoms with Gasteiger partial charge in [-0.05, 0) is 25.7 Å². The van der Waals surface area contributed by atoms with Gasteiger partial charge in [-0.1, -0.05) is 0 Å². The highest BCUT2D eigenvalue weighted by molar-refractivity contribution is 5.91. The molecule has 1 N–H and O–H groups in total. The Morgan fingerprint density at radius 3 is 2.71 bits per heavy atom. The highest BCUT2D eigenvalue weighted by Gasteiger charge is 2.42. The third kappa shape index (κ3) is 2.77. The first-order valence-electron chi connectivity index (χ1n) is 6.22. The maximum atomic E-state index is 12.3. The van der Waals surface area contributed by atoms with Crippen molar-refractivity contribution in [2.24, 2.45) is 5.92 Å². The van der Waals surface area contributed by atoms with Crippen molar-refractivity contribution in [3.05, 3.63) is 0 Å². The Balaban J connectivity index is 2.10. The van der Waals surface area contributed by atoms with E-state index in [1.165, 1.54) is 0 Å². The van der Waals surface area contributed by atoms with Crippen LogP contribution in [0.4, 0.5) is 0 Å². The highest BCUT2D eigenvalue weighted by Crippen LogP contribution is 2.34. The minimum atomic E-state index is -0.302. The fourth-order valence-corrected chi connectivity index (χ4v) is 2.34. The second-order valence-corrected chi connectivity index (χ2v) is 4.96. The molecular formula is C12H20N2O3. The SMILES string of the molecule is COCCN1C(=O)C(C2CC2)NC(=O)CC1C. The van der Waals surface area contributed by atoms with Gasteiger partial charge in [0.1, 0.15) is 6.04 Å². The summed E-state index contributed by atoms with van der Waals surface area (Å²) in [6.07, 6.45) is 2.48. The zero-order valence-corrected chi connectivity index (χ0v) is 10.4. The van der Waals surface area contributed by atoms with E-state index < -0.39 is 0 Å². The molecule has 0 aromatic carbocycles. The number of hydrogen-bond acceptors (Lipinski definition) is 3. The summed E-state index contributed by atoms with van der Waals surface area (Å²) in [6, 6.07) is -0.342. The topological polar surface area (TPSA) is 58.6 Å². The molecule has 17 heavy (non-hydrogen) atoms. The van der Waals surface area contributed by atoms with Gasteiger partial charge in [0.2, 0.25) is 11.8 Å². The molecule has 2 amide bonds. The predicted octanol–water partition coefficient (Wildman–Crippen LogP) is 0.148. The number of nitrogens with one attached hydrogen (secondary N) is 1. The Morgan fingerprint density at radius 2 is 2.12 bits per heavy atom. The van der Waals surface area contributed by atoms with E-state index in [1.54, 1.807) is 12.0 Å². The number of ether oxygens (including phenoxy) is 1. The van der Waals surface area contributed by atoms with E-state index in [4.69, 9.17) is 4.74 Å². The average molecular weight is 240 g/mol. The number of hydrogen-bond donors (Lipinski definition) is 1. The molecule has 0 bridgehead atoms. The van der Waals surface area contributed by atoms with Gasteiger partial charge in [-0.2, -0.15) is 0 Å². The van der Waals surface area contributed by atoms with E-state index in [0.29, 0.717) is 25.5 Å². The summed E-state index contributed by atoms with van der Waals surface area (Å²) in [5, 5.41) is 2.86. The van der Waals surface area contributed by atoms with E-state index in [1.807, 2.05) is 6.92 Å². The first-order valence-corrected chi connectivity index (χ1v) is 6.22. The van der Waals surface area contributed by atoms with Crippen LogP contribution in [0.15, 0.2) is 0 Å². The van der Waals surface area contributed by atoms with Crippen molar-refractivity contribution in [2.45, 2.75) is 38.3 Å². The van der Waals surface area contributed by atoms with Gasteiger partial charge in [-0.25, -0.2) is 0 Å². The van der Waals surface area contributed by atoms with Crippen LogP contribution >= 0.6 is 0 Å². The number of carbonyl (C=O) groups excluding carboxylic acids is 2. The van der Waals surface area contributed by atoms with Gasteiger partial charge >= 0.3 is 0 Å². The molecule has 5 heteroatoms. The molecule has 1 heterocycles. The molecule has 0 spiro atoms. The number of amides is 2. The van der Waals surface area contributed by atoms with Crippen LogP contribution in [0.2, 0.25) is 0 Å². The zero-order valence-electron chi connectivity index (χ0n) is 10.4. The molecule has 5 nitrogen and oxygen atoms in total. The lowest BCUT2D eigenvalue weighted by atomic mass is 10.1. The third-order valence-electron chi connectivity index (χ3n) is 3.51. The van der Waals surface area contributed by atoms with Crippen molar-refractivity contribution in [3.8, 4) is 0 Å². The molecule has 1 aliphatic carbocycles. The van der Waals surface area contributed by atoms with Crippen molar-refractivity contribution in [1.29, 1.82) is 0 Å². The fraction of sp³-hybridized carbons (Fsp3) is 0.833. The Hall–Kier alpha value is -1.10. The van der Waals surface area contributed by atoms with Crippen LogP contribution in [0.1, 0.15) is 26.2 Å². The minimum absolute atomic E-state index is 0.0114. The maximum Gasteiger partial charge on any atom is 0.245 e. The molecule has 2 fully saturated rings. The summed E-state index contributed by atoms with van der Waals surface area (Å²) in [7, 11) is 1.62. The van der Waals surface area contributed by atoms with E-state index in [0.717, 1.165) is 12.8 Å². The van der Waals surface area contributed by atoms with Gasteiger partial charge in [-0.3, -0.25) is 9.59 Å². The lowest BCUT2D eigenvalue weighted by Gasteiger charge is -2.28. The normalized spacial score (nSPS) is 30.1. The zero-order chi connectivity index (χ0) is 12.4. The average Bonchev–Trinajstić information content (AvgIpc) is 3.09. The Bertz CT molecular complexity index is 315. The van der Waals surface area contributed by atoms with Gasteiger partial charge in [0.15, 0.2) is 0 Å². The first-order chi connectivity index (χ1) is 8.13. The number of methoxy groups -OCH3 is 1. The molecule has 96 valence electrons. The van der Waals surface area contributed by atoms with Crippen molar-refractivity contribution in [3.63, 3.8) is 0 Å². The van der Waals surface area contributed by atoms with Gasteiger partial charge in [0, 0.05) is 26.1 Å². The smallest absolute Gasteiger partial charge is 0.245 e. The quantitative estimate of drug-likeness (QED) is 0.761. The lowest BCUT2D eigenvalue weighted by molar-refractivity contribution is -0.136. The van der Waals surface area contributed by atoms with Crippen LogP contribution in [0.3, 0.4) is 0 Å². The van der Waals surface area contributed by atoms with Crippen molar-refractivity contribution in [1.82, 2.24) is 10.2 Å². The third-order valence-corrected chi connectivity index (χ3v) is 3.51. The van der Waals surface area contributed by atoms with Gasteiger partial charge in [0.05, 0.1) is 6.61 Å². The molecule has 2 aliphatic rings. The van der Waals surface area contributed by atoms with E-state index in [2.05, 4.69) is 5.32 Å². The van der Waals surface area contributed by atoms with Crippen molar-refractivity contribution >= 4 is 11.8 Å². The van der Waals surface area contributed by atoms with Crippen LogP contribution in [0, 0.1) is 5.92 Å². The number of rotatable bonds is 4. The van der Waals surface area contributed by atoms with Crippen molar-refractivity contribution in [2.75, 3.05) is 20.3 Å². The van der Waals surface area contributed by atoms with Crippen LogP contribution < -0.4 is 5.32 Å². The Kier molecular flexibility index (Phi) is 3.66. The highest BCUT2D eigenvalue weighted by atomic mass is 16.5. The molecule has 2 atom stereocenters. The molecule has 0 aromatic rings. The molecular weight excluding hydrogens is 220 g/mol. The van der Waals surface area contributed by atoms with E-state index in [9.17, 15) is 9.59 Å². The lowest BCUT2D eigenvalue weighted by Crippen LogP contribution is -2.48. The Labute approximate surface area is 101 Å². The molecule has 2 unspecified atom stereocenters. The summed E-state index contributed by atoms with van der Waals surface area (Å²) in [5.74, 6) is 0.396. The largest absolute Gasteiger partial charge is 0.383 e. The van der Waals surface area contributed by atoms with Gasteiger partial charge in [-0.15, -0.1) is 0 Å². The van der Waals surface area contributed by atoms with Crippen LogP contribution in [0.25, 0.3) is 0 Å². The Morgan fingerprint density at radius 1 is 1.41 bits per heavy atom. The van der Waals surface area contributed by atoms with Crippen LogP contribution in [-0.2, 0) is 14.3 Å². The number of carbonyl (C=O) groups is 2. The van der Waals surface area contributed by atoms with E-state index >= 15 is 0 Å². The molecule has 1 aliphatic heterocycles. The summed E-state index contributed by atoms with van der Waals surface area (Å²) in [6.45, 7) is 3.00. The number of nitrogens with zero attached hydrogens (tertiary/aromatic N) is 1. The molecule has 0 radical (unpaired) electrons. The summed E-state index contributed by atoms with van der Waals surface area (Å²) < 4.78 is 5.02. The van der Waals surface area contributed by atoms with Gasteiger partial charge < -0.3 is 15.0 Å². The standard InChI is InChI=1S/C12H20N2O3/c1-8-7-10(15)13-11(9-3-4-9)12(16)14(8)5-6-17-2/h8-9,11H,3-7H2,1-2H3,(H,13,15). The van der Waals surface area contributed by atoms with Crippen LogP contribution in [0.5, 0.6) is 0 Å². The summed E-state index contributed by atoms with van der Waals surface area (Å²) in [5.41, 5.74) is 0. The molecule has 1 saturated heterocycles. The van der Waals surface area contributed by atoms with Crippen LogP contribution in [-0.4, -0.2) is 49.1 Å². The summed E-state index contributed by atoms with van der Waals surface area (Å²) >= 11 is 0. The molecule has 1 saturated carbocycles. The van der Waals surface area contributed by atoms with E-state index in [-0.39, 0.29) is 23.9 Å². The monoisotopic (exact) mass is 240 g/mol. The second-order valence-electron chi connectivity index (χ2n) is 4.96. The molecule has 0 aromatic heterocycles. The first kappa shape index (κ1) is 12.4. The maximum absolute atomic E-state index is 12.3. The van der Waals surface area contributed by atoms with Crippen molar-refractivity contribution < 1.29 is 14.3 Å². The predicted molar refractivity (Wildman–Crippen MR) is 62.3 cm³/mol. The molecule has 2 rings (SSSR count).